The summed E-state index contributed by atoms with van der Waals surface area (Å²) in [4.78, 5) is 33.1. The van der Waals surface area contributed by atoms with Crippen LogP contribution in [0.2, 0.25) is 0 Å². The third-order valence-electron chi connectivity index (χ3n) is 7.82. The summed E-state index contributed by atoms with van der Waals surface area (Å²) >= 11 is 0. The predicted octanol–water partition coefficient (Wildman–Crippen LogP) is 4.00. The number of carbonyl (C=O) groups is 2. The summed E-state index contributed by atoms with van der Waals surface area (Å²) in [7, 11) is 1.52. The first-order chi connectivity index (χ1) is 21.7. The van der Waals surface area contributed by atoms with Gasteiger partial charge in [0.2, 0.25) is 10.0 Å². The number of rotatable bonds is 10. The first kappa shape index (κ1) is 32.8. The summed E-state index contributed by atoms with van der Waals surface area (Å²) in [5.41, 5.74) is 1.70. The number of hydrogen-bond donors (Lipinski definition) is 4. The molecule has 0 saturated heterocycles. The highest BCUT2D eigenvalue weighted by molar-refractivity contribution is 7.89. The zero-order chi connectivity index (χ0) is 33.4. The topological polar surface area (TPSA) is 147 Å². The third kappa shape index (κ3) is 6.80. The number of amides is 2. The van der Waals surface area contributed by atoms with Gasteiger partial charge in [-0.1, -0.05) is 13.8 Å². The van der Waals surface area contributed by atoms with Crippen molar-refractivity contribution in [3.63, 3.8) is 0 Å². The van der Waals surface area contributed by atoms with Crippen LogP contribution >= 0.6 is 0 Å². The molecule has 244 valence electrons. The van der Waals surface area contributed by atoms with E-state index in [1.807, 2.05) is 30.9 Å². The molecule has 12 nitrogen and oxygen atoms in total. The van der Waals surface area contributed by atoms with Gasteiger partial charge < -0.3 is 25.4 Å². The van der Waals surface area contributed by atoms with Crippen LogP contribution in [0, 0.1) is 11.6 Å². The van der Waals surface area contributed by atoms with Crippen LogP contribution < -0.4 is 15.5 Å². The molecular weight excluding hydrogens is 618 g/mol. The Morgan fingerprint density at radius 2 is 1.72 bits per heavy atom. The normalized spacial score (nSPS) is 14.6. The molecule has 2 amide bonds. The zero-order valence-electron chi connectivity index (χ0n) is 26.1. The van der Waals surface area contributed by atoms with E-state index < -0.39 is 43.8 Å². The average Bonchev–Trinajstić information content (AvgIpc) is 3.66. The Balaban J connectivity index is 1.45. The molecule has 2 aromatic heterocycles. The molecule has 0 radical (unpaired) electrons. The highest BCUT2D eigenvalue weighted by Crippen LogP contribution is 2.38. The highest BCUT2D eigenvalue weighted by Gasteiger charge is 2.41. The smallest absolute Gasteiger partial charge is 0.272 e. The van der Waals surface area contributed by atoms with Crippen LogP contribution in [0.4, 0.5) is 26.0 Å². The van der Waals surface area contributed by atoms with Crippen LogP contribution in [0.1, 0.15) is 46.0 Å². The molecule has 15 heteroatoms. The van der Waals surface area contributed by atoms with E-state index in [4.69, 9.17) is 0 Å². The second-order valence-corrected chi connectivity index (χ2v) is 14.1. The van der Waals surface area contributed by atoms with Gasteiger partial charge in [-0.3, -0.25) is 14.7 Å². The van der Waals surface area contributed by atoms with Crippen LogP contribution in [0.25, 0.3) is 0 Å². The van der Waals surface area contributed by atoms with Crippen molar-refractivity contribution in [2.75, 3.05) is 56.3 Å². The van der Waals surface area contributed by atoms with Crippen molar-refractivity contribution in [1.82, 2.24) is 24.4 Å². The van der Waals surface area contributed by atoms with E-state index in [-0.39, 0.29) is 30.2 Å². The number of nitrogens with one attached hydrogen (secondary N) is 4. The van der Waals surface area contributed by atoms with Crippen LogP contribution in [-0.4, -0.2) is 85.4 Å². The number of benzene rings is 2. The van der Waals surface area contributed by atoms with Crippen molar-refractivity contribution in [3.8, 4) is 0 Å². The number of hydrogen-bond acceptors (Lipinski definition) is 7. The molecule has 4 aromatic rings. The van der Waals surface area contributed by atoms with Gasteiger partial charge in [0, 0.05) is 67.8 Å². The largest absolute Gasteiger partial charge is 0.373 e. The van der Waals surface area contributed by atoms with E-state index >= 15 is 0 Å². The maximum Gasteiger partial charge on any atom is 0.272 e. The Morgan fingerprint density at radius 3 is 2.37 bits per heavy atom. The molecule has 0 bridgehead atoms. The number of aromatic amines is 2. The second-order valence-electron chi connectivity index (χ2n) is 12.1. The summed E-state index contributed by atoms with van der Waals surface area (Å²) in [5, 5.41) is 12.8. The minimum Gasteiger partial charge on any atom is -0.373 e. The maximum absolute atomic E-state index is 13.9. The number of nitrogens with zero attached hydrogens (tertiary/aromatic N) is 4. The van der Waals surface area contributed by atoms with Crippen molar-refractivity contribution in [2.24, 2.45) is 0 Å². The summed E-state index contributed by atoms with van der Waals surface area (Å²) in [6.45, 7) is 4.85. The number of fused-ring (bicyclic) bond motifs is 1. The SMILES string of the molecule is CN(C)CCN(C)c1ccc(C(=O)Nc2n[nH]c3c2CN(S(=O)(=O)c2cc(F)cc(F)c2)CC3(C)C)c(NC(=O)c2ccc[nH]2)c1. The van der Waals surface area contributed by atoms with Gasteiger partial charge in [0.25, 0.3) is 11.8 Å². The van der Waals surface area contributed by atoms with Crippen LogP contribution in [-0.2, 0) is 22.0 Å². The second kappa shape index (κ2) is 12.7. The predicted molar refractivity (Wildman–Crippen MR) is 171 cm³/mol. The fourth-order valence-electron chi connectivity index (χ4n) is 5.32. The molecule has 1 aliphatic rings. The molecular formula is C31H36F2N8O4S. The molecule has 3 heterocycles. The summed E-state index contributed by atoms with van der Waals surface area (Å²) in [6.07, 6.45) is 1.62. The van der Waals surface area contributed by atoms with E-state index in [1.165, 1.54) is 0 Å². The Hall–Kier alpha value is -4.60. The number of halogens is 2. The van der Waals surface area contributed by atoms with Crippen LogP contribution in [0.3, 0.4) is 0 Å². The van der Waals surface area contributed by atoms with Crippen LogP contribution in [0.5, 0.6) is 0 Å². The lowest BCUT2D eigenvalue weighted by Gasteiger charge is -2.36. The van der Waals surface area contributed by atoms with E-state index in [0.717, 1.165) is 28.7 Å². The zero-order valence-corrected chi connectivity index (χ0v) is 26.9. The number of H-pyrrole nitrogens is 2. The average molecular weight is 655 g/mol. The lowest BCUT2D eigenvalue weighted by Crippen LogP contribution is -2.45. The van der Waals surface area contributed by atoms with Crippen molar-refractivity contribution < 1.29 is 26.8 Å². The molecule has 0 atom stereocenters. The summed E-state index contributed by atoms with van der Waals surface area (Å²) in [5.74, 6) is -2.97. The number of anilines is 3. The summed E-state index contributed by atoms with van der Waals surface area (Å²) < 4.78 is 56.0. The van der Waals surface area contributed by atoms with E-state index in [0.29, 0.717) is 29.6 Å². The monoisotopic (exact) mass is 654 g/mol. The fraction of sp³-hybridized carbons (Fsp3) is 0.323. The van der Waals surface area contributed by atoms with Gasteiger partial charge >= 0.3 is 0 Å². The molecule has 46 heavy (non-hydrogen) atoms. The molecule has 0 fully saturated rings. The number of carbonyl (C=O) groups excluding carboxylic acids is 2. The van der Waals surface area contributed by atoms with Gasteiger partial charge in [-0.05, 0) is 56.6 Å². The molecule has 0 aliphatic carbocycles. The van der Waals surface area contributed by atoms with Crippen molar-refractivity contribution in [2.45, 2.75) is 30.7 Å². The highest BCUT2D eigenvalue weighted by atomic mass is 32.2. The van der Waals surface area contributed by atoms with E-state index in [1.54, 1.807) is 50.4 Å². The Kier molecular flexibility index (Phi) is 9.02. The number of likely N-dealkylation sites (N-methyl/N-ethyl adjacent to an activating group) is 2. The van der Waals surface area contributed by atoms with Gasteiger partial charge in [-0.15, -0.1) is 0 Å². The Bertz CT molecular complexity index is 1850. The first-order valence-electron chi connectivity index (χ1n) is 14.5. The molecule has 5 rings (SSSR count). The minimum atomic E-state index is -4.32. The van der Waals surface area contributed by atoms with Crippen molar-refractivity contribution >= 4 is 39.0 Å². The molecule has 0 unspecified atom stereocenters. The standard InChI is InChI=1S/C31H36F2N8O4S/c1-31(2)18-41(46(44,45)22-14-19(32)13-20(33)15-22)17-24-27(31)37-38-28(24)36-29(42)23-9-8-21(40(5)12-11-39(3)4)16-26(23)35-30(43)25-7-6-10-34-25/h6-10,13-16,34H,11-12,17-18H2,1-5H3,(H,35,43)(H2,36,37,38,42). The third-order valence-corrected chi connectivity index (χ3v) is 9.59. The number of sulfonamides is 1. The lowest BCUT2D eigenvalue weighted by atomic mass is 9.84. The van der Waals surface area contributed by atoms with Gasteiger partial charge in [0.05, 0.1) is 16.1 Å². The lowest BCUT2D eigenvalue weighted by molar-refractivity contribution is 0.102. The minimum absolute atomic E-state index is 0.00618. The van der Waals surface area contributed by atoms with Gasteiger partial charge in [-0.2, -0.15) is 9.40 Å². The molecule has 0 saturated carbocycles. The molecule has 1 aliphatic heterocycles. The molecule has 0 spiro atoms. The quantitative estimate of drug-likeness (QED) is 0.202. The first-order valence-corrected chi connectivity index (χ1v) is 15.9. The fourth-order valence-corrected chi connectivity index (χ4v) is 6.93. The number of aromatic nitrogens is 3. The van der Waals surface area contributed by atoms with Gasteiger partial charge in [0.1, 0.15) is 17.3 Å². The van der Waals surface area contributed by atoms with E-state index in [9.17, 15) is 26.8 Å². The van der Waals surface area contributed by atoms with Crippen molar-refractivity contribution in [1.29, 1.82) is 0 Å². The molecule has 2 aromatic carbocycles. The Labute approximate surface area is 265 Å². The molecule has 4 N–H and O–H groups in total. The van der Waals surface area contributed by atoms with Gasteiger partial charge in [0.15, 0.2) is 5.82 Å². The summed E-state index contributed by atoms with van der Waals surface area (Å²) in [6, 6.07) is 10.5. The van der Waals surface area contributed by atoms with E-state index in [2.05, 4.69) is 25.8 Å². The van der Waals surface area contributed by atoms with Crippen LogP contribution in [0.15, 0.2) is 59.6 Å². The van der Waals surface area contributed by atoms with Crippen molar-refractivity contribution in [3.05, 3.63) is 88.9 Å². The van der Waals surface area contributed by atoms with Gasteiger partial charge in [-0.25, -0.2) is 17.2 Å². The Morgan fingerprint density at radius 1 is 1.00 bits per heavy atom. The maximum atomic E-state index is 13.9.